The lowest BCUT2D eigenvalue weighted by Crippen LogP contribution is -2.51. The summed E-state index contributed by atoms with van der Waals surface area (Å²) in [4.78, 5) is 9.47. The summed E-state index contributed by atoms with van der Waals surface area (Å²) in [5, 5.41) is 4.00. The smallest absolute Gasteiger partial charge is 0.0369 e. The predicted octanol–water partition coefficient (Wildman–Crippen LogP) is 3.79. The Morgan fingerprint density at radius 2 is 1.83 bits per heavy atom. The number of nitrogens with zero attached hydrogens (tertiary/aromatic N) is 3. The van der Waals surface area contributed by atoms with Gasteiger partial charge in [-0.2, -0.15) is 0 Å². The lowest BCUT2D eigenvalue weighted by molar-refractivity contribution is 0.171. The van der Waals surface area contributed by atoms with Crippen LogP contribution in [0.3, 0.4) is 0 Å². The monoisotopic (exact) mass is 390 g/mol. The summed E-state index contributed by atoms with van der Waals surface area (Å²) in [7, 11) is 0. The van der Waals surface area contributed by atoms with Crippen molar-refractivity contribution in [3.8, 4) is 0 Å². The Morgan fingerprint density at radius 1 is 0.931 bits per heavy atom. The van der Waals surface area contributed by atoms with Crippen molar-refractivity contribution in [2.45, 2.75) is 63.6 Å². The second kappa shape index (κ2) is 8.85. The zero-order valence-corrected chi connectivity index (χ0v) is 17.5. The Balaban J connectivity index is 1.11. The van der Waals surface area contributed by atoms with Crippen molar-refractivity contribution in [3.05, 3.63) is 59.4 Å². The number of rotatable bonds is 5. The van der Waals surface area contributed by atoms with Crippen LogP contribution in [0.1, 0.15) is 48.8 Å². The van der Waals surface area contributed by atoms with Gasteiger partial charge in [0.25, 0.3) is 0 Å². The van der Waals surface area contributed by atoms with Crippen molar-refractivity contribution in [1.82, 2.24) is 15.2 Å². The fourth-order valence-corrected chi connectivity index (χ4v) is 5.48. The maximum atomic E-state index is 4.27. The molecule has 0 bridgehead atoms. The number of hydrogen-bond donors (Lipinski definition) is 1. The highest BCUT2D eigenvalue weighted by Crippen LogP contribution is 2.28. The van der Waals surface area contributed by atoms with Gasteiger partial charge in [-0.05, 0) is 86.4 Å². The van der Waals surface area contributed by atoms with Gasteiger partial charge in [0.1, 0.15) is 0 Å². The van der Waals surface area contributed by atoms with Crippen molar-refractivity contribution in [2.24, 2.45) is 0 Å². The molecule has 3 heterocycles. The third-order valence-electron chi connectivity index (χ3n) is 7.05. The highest BCUT2D eigenvalue weighted by Gasteiger charge is 2.25. The summed E-state index contributed by atoms with van der Waals surface area (Å²) in [6, 6.07) is 12.7. The third-order valence-corrected chi connectivity index (χ3v) is 7.05. The lowest BCUT2D eigenvalue weighted by Gasteiger charge is -2.39. The molecule has 0 spiro atoms. The summed E-state index contributed by atoms with van der Waals surface area (Å²) in [5.41, 5.74) is 5.96. The van der Waals surface area contributed by atoms with E-state index in [0.717, 1.165) is 6.54 Å². The van der Waals surface area contributed by atoms with Crippen LogP contribution in [-0.2, 0) is 19.4 Å². The molecule has 1 N–H and O–H groups in total. The zero-order valence-electron chi connectivity index (χ0n) is 17.5. The van der Waals surface area contributed by atoms with Gasteiger partial charge in [-0.15, -0.1) is 0 Å². The SMILES string of the molecule is c1cncc(CN2CCCC(NC3CCN(c4ccc5c(c4)CCC5)CC3)C2)c1. The van der Waals surface area contributed by atoms with E-state index < -0.39 is 0 Å². The third kappa shape index (κ3) is 4.65. The highest BCUT2D eigenvalue weighted by atomic mass is 15.2. The molecule has 1 unspecified atom stereocenters. The number of piperidine rings is 2. The Morgan fingerprint density at radius 3 is 2.69 bits per heavy atom. The first kappa shape index (κ1) is 19.1. The number of anilines is 1. The number of aromatic nitrogens is 1. The maximum absolute atomic E-state index is 4.27. The number of benzene rings is 1. The number of aryl methyl sites for hydroxylation is 2. The van der Waals surface area contributed by atoms with Crippen molar-refractivity contribution in [1.29, 1.82) is 0 Å². The topological polar surface area (TPSA) is 31.4 Å². The van der Waals surface area contributed by atoms with Crippen molar-refractivity contribution < 1.29 is 0 Å². The minimum Gasteiger partial charge on any atom is -0.371 e. The molecule has 2 fully saturated rings. The van der Waals surface area contributed by atoms with Crippen molar-refractivity contribution >= 4 is 5.69 Å². The number of likely N-dealkylation sites (tertiary alicyclic amines) is 1. The number of fused-ring (bicyclic) bond motifs is 1. The van der Waals surface area contributed by atoms with Gasteiger partial charge in [0, 0.05) is 56.3 Å². The minimum atomic E-state index is 0.636. The quantitative estimate of drug-likeness (QED) is 0.842. The number of pyridine rings is 1. The maximum Gasteiger partial charge on any atom is 0.0369 e. The largest absolute Gasteiger partial charge is 0.371 e. The highest BCUT2D eigenvalue weighted by molar-refractivity contribution is 5.52. The molecule has 2 aliphatic heterocycles. The molecule has 5 rings (SSSR count). The first-order valence-electron chi connectivity index (χ1n) is 11.6. The molecule has 2 aromatic rings. The average molecular weight is 391 g/mol. The van der Waals surface area contributed by atoms with Crippen molar-refractivity contribution in [3.63, 3.8) is 0 Å². The molecule has 1 aromatic carbocycles. The van der Waals surface area contributed by atoms with Crippen LogP contribution in [0.2, 0.25) is 0 Å². The van der Waals surface area contributed by atoms with Gasteiger partial charge < -0.3 is 10.2 Å². The van der Waals surface area contributed by atoms with Gasteiger partial charge in [-0.25, -0.2) is 0 Å². The minimum absolute atomic E-state index is 0.636. The van der Waals surface area contributed by atoms with Crippen LogP contribution in [0.4, 0.5) is 5.69 Å². The van der Waals surface area contributed by atoms with Crippen LogP contribution in [0, 0.1) is 0 Å². The molecule has 154 valence electrons. The van der Waals surface area contributed by atoms with Gasteiger partial charge in [0.05, 0.1) is 0 Å². The molecule has 4 heteroatoms. The molecule has 2 saturated heterocycles. The van der Waals surface area contributed by atoms with Gasteiger partial charge >= 0.3 is 0 Å². The van der Waals surface area contributed by atoms with Crippen LogP contribution in [0.5, 0.6) is 0 Å². The van der Waals surface area contributed by atoms with E-state index in [1.165, 1.54) is 82.4 Å². The number of hydrogen-bond acceptors (Lipinski definition) is 4. The van der Waals surface area contributed by atoms with E-state index in [1.807, 2.05) is 18.5 Å². The van der Waals surface area contributed by atoms with Gasteiger partial charge in [0.2, 0.25) is 0 Å². The first-order chi connectivity index (χ1) is 14.3. The van der Waals surface area contributed by atoms with Crippen LogP contribution < -0.4 is 10.2 Å². The lowest BCUT2D eigenvalue weighted by atomic mass is 9.99. The molecule has 1 aromatic heterocycles. The molecule has 3 aliphatic rings. The van der Waals surface area contributed by atoms with Gasteiger partial charge in [0.15, 0.2) is 0 Å². The molecule has 4 nitrogen and oxygen atoms in total. The van der Waals surface area contributed by atoms with Crippen molar-refractivity contribution in [2.75, 3.05) is 31.1 Å². The summed E-state index contributed by atoms with van der Waals surface area (Å²) < 4.78 is 0. The van der Waals surface area contributed by atoms with E-state index in [0.29, 0.717) is 12.1 Å². The van der Waals surface area contributed by atoms with Gasteiger partial charge in [-0.3, -0.25) is 9.88 Å². The molecular weight excluding hydrogens is 356 g/mol. The first-order valence-corrected chi connectivity index (χ1v) is 11.6. The fraction of sp³-hybridized carbons (Fsp3) is 0.560. The molecule has 1 aliphatic carbocycles. The zero-order chi connectivity index (χ0) is 19.5. The Kier molecular flexibility index (Phi) is 5.82. The fourth-order valence-electron chi connectivity index (χ4n) is 5.48. The van der Waals surface area contributed by atoms with E-state index in [1.54, 1.807) is 11.1 Å². The van der Waals surface area contributed by atoms with E-state index in [9.17, 15) is 0 Å². The van der Waals surface area contributed by atoms with E-state index >= 15 is 0 Å². The Labute approximate surface area is 175 Å². The Bertz CT molecular complexity index is 798. The second-order valence-electron chi connectivity index (χ2n) is 9.17. The molecule has 0 radical (unpaired) electrons. The van der Waals surface area contributed by atoms with E-state index in [4.69, 9.17) is 0 Å². The van der Waals surface area contributed by atoms with Gasteiger partial charge in [-0.1, -0.05) is 12.1 Å². The molecule has 0 saturated carbocycles. The summed E-state index contributed by atoms with van der Waals surface area (Å²) >= 11 is 0. The molecule has 29 heavy (non-hydrogen) atoms. The van der Waals surface area contributed by atoms with Crippen LogP contribution in [-0.4, -0.2) is 48.1 Å². The molecule has 0 amide bonds. The number of nitrogens with one attached hydrogen (secondary N) is 1. The Hall–Kier alpha value is -1.91. The van der Waals surface area contributed by atoms with Crippen LogP contribution in [0.15, 0.2) is 42.7 Å². The average Bonchev–Trinajstić information content (AvgIpc) is 3.23. The molecule has 1 atom stereocenters. The standard InChI is InChI=1S/C25H34N4/c1-5-21-8-9-25(16-22(21)6-1)29-14-10-23(11-15-29)27-24-7-3-13-28(19-24)18-20-4-2-12-26-17-20/h2,4,8-9,12,16-17,23-24,27H,1,3,5-7,10-11,13-15,18-19H2. The summed E-state index contributed by atoms with van der Waals surface area (Å²) in [6.45, 7) is 5.78. The van der Waals surface area contributed by atoms with E-state index in [2.05, 4.69) is 44.4 Å². The normalized spacial score (nSPS) is 23.3. The molecular formula is C25H34N4. The summed E-state index contributed by atoms with van der Waals surface area (Å²) in [6.07, 6.45) is 12.9. The van der Waals surface area contributed by atoms with Crippen LogP contribution in [0.25, 0.3) is 0 Å². The summed E-state index contributed by atoms with van der Waals surface area (Å²) in [5.74, 6) is 0. The van der Waals surface area contributed by atoms with Crippen LogP contribution >= 0.6 is 0 Å². The van der Waals surface area contributed by atoms with E-state index in [-0.39, 0.29) is 0 Å². The second-order valence-corrected chi connectivity index (χ2v) is 9.17. The predicted molar refractivity (Wildman–Crippen MR) is 119 cm³/mol.